The van der Waals surface area contributed by atoms with E-state index in [0.717, 1.165) is 31.6 Å². The van der Waals surface area contributed by atoms with E-state index >= 15 is 0 Å². The highest BCUT2D eigenvalue weighted by Crippen LogP contribution is 2.46. The van der Waals surface area contributed by atoms with Gasteiger partial charge in [-0.05, 0) is 68.1 Å². The summed E-state index contributed by atoms with van der Waals surface area (Å²) in [4.78, 5) is 12.8. The fourth-order valence-corrected chi connectivity index (χ4v) is 6.66. The minimum Gasteiger partial charge on any atom is -0.462 e. The van der Waals surface area contributed by atoms with Crippen LogP contribution in [-0.4, -0.2) is 23.3 Å². The zero-order valence-corrected chi connectivity index (χ0v) is 18.0. The highest BCUT2D eigenvalue weighted by molar-refractivity contribution is 5.73. The predicted molar refractivity (Wildman–Crippen MR) is 109 cm³/mol. The summed E-state index contributed by atoms with van der Waals surface area (Å²) >= 11 is 0. The first-order valence-corrected chi connectivity index (χ1v) is 11.8. The third-order valence-electron chi connectivity index (χ3n) is 8.05. The van der Waals surface area contributed by atoms with Crippen LogP contribution in [-0.2, 0) is 9.53 Å². The van der Waals surface area contributed by atoms with E-state index in [2.05, 4.69) is 27.7 Å². The van der Waals surface area contributed by atoms with E-state index in [1.807, 2.05) is 0 Å². The molecular formula is C24H42O3. The lowest BCUT2D eigenvalue weighted by Gasteiger charge is -2.46. The molecule has 2 saturated carbocycles. The average molecular weight is 379 g/mol. The van der Waals surface area contributed by atoms with Gasteiger partial charge in [-0.3, -0.25) is 4.79 Å². The standard InChI is InChI=1S/C24H42O3/c1-5-6-7-8-18-11-22(25)21-14-19(24(26)27-23(21)12-18)13-20-16(3)9-15(2)10-17(20)4/h15-23,25H,5-14H2,1-4H3. The topological polar surface area (TPSA) is 46.5 Å². The van der Waals surface area contributed by atoms with E-state index in [1.165, 1.54) is 38.5 Å². The fraction of sp³-hybridized carbons (Fsp3) is 0.958. The van der Waals surface area contributed by atoms with Gasteiger partial charge in [0.1, 0.15) is 6.10 Å². The van der Waals surface area contributed by atoms with Crippen LogP contribution in [0.1, 0.15) is 91.9 Å². The number of rotatable bonds is 6. The summed E-state index contributed by atoms with van der Waals surface area (Å²) in [5.74, 6) is 3.52. The van der Waals surface area contributed by atoms with Crippen LogP contribution >= 0.6 is 0 Å². The van der Waals surface area contributed by atoms with E-state index in [0.29, 0.717) is 23.7 Å². The summed E-state index contributed by atoms with van der Waals surface area (Å²) in [5.41, 5.74) is 0. The van der Waals surface area contributed by atoms with Crippen LogP contribution in [0.2, 0.25) is 0 Å². The predicted octanol–water partition coefficient (Wildman–Crippen LogP) is 5.59. The first-order valence-electron chi connectivity index (χ1n) is 11.8. The SMILES string of the molecule is CCCCCC1CC(O)C2CC(CC3C(C)CC(C)CC3C)C(=O)OC2C1. The second-order valence-electron chi connectivity index (χ2n) is 10.4. The second kappa shape index (κ2) is 9.29. The van der Waals surface area contributed by atoms with Crippen molar-refractivity contribution in [1.29, 1.82) is 0 Å². The highest BCUT2D eigenvalue weighted by atomic mass is 16.5. The smallest absolute Gasteiger partial charge is 0.309 e. The second-order valence-corrected chi connectivity index (χ2v) is 10.4. The van der Waals surface area contributed by atoms with E-state index < -0.39 is 0 Å². The van der Waals surface area contributed by atoms with Gasteiger partial charge in [-0.15, -0.1) is 0 Å². The van der Waals surface area contributed by atoms with Gasteiger partial charge in [-0.25, -0.2) is 0 Å². The third kappa shape index (κ3) is 5.08. The number of esters is 1. The molecule has 3 rings (SSSR count). The molecule has 0 spiro atoms. The summed E-state index contributed by atoms with van der Waals surface area (Å²) in [5, 5.41) is 10.8. The first kappa shape index (κ1) is 21.1. The van der Waals surface area contributed by atoms with Crippen LogP contribution in [0, 0.1) is 41.4 Å². The summed E-state index contributed by atoms with van der Waals surface area (Å²) in [6, 6.07) is 0. The lowest BCUT2D eigenvalue weighted by atomic mass is 9.64. The molecule has 3 nitrogen and oxygen atoms in total. The molecule has 7 unspecified atom stereocenters. The highest BCUT2D eigenvalue weighted by Gasteiger charge is 2.46. The summed E-state index contributed by atoms with van der Waals surface area (Å²) in [7, 11) is 0. The molecule has 7 atom stereocenters. The molecule has 1 heterocycles. The van der Waals surface area contributed by atoms with E-state index in [1.54, 1.807) is 0 Å². The maximum Gasteiger partial charge on any atom is 0.309 e. The summed E-state index contributed by atoms with van der Waals surface area (Å²) < 4.78 is 5.94. The third-order valence-corrected chi connectivity index (χ3v) is 8.05. The molecular weight excluding hydrogens is 336 g/mol. The van der Waals surface area contributed by atoms with Crippen molar-refractivity contribution in [3.8, 4) is 0 Å². The number of hydrogen-bond donors (Lipinski definition) is 1. The Kier molecular flexibility index (Phi) is 7.27. The Balaban J connectivity index is 1.57. The Morgan fingerprint density at radius 2 is 1.70 bits per heavy atom. The van der Waals surface area contributed by atoms with Crippen LogP contribution < -0.4 is 0 Å². The molecule has 2 aliphatic carbocycles. The number of aliphatic hydroxyl groups is 1. The molecule has 0 bridgehead atoms. The Hall–Kier alpha value is -0.570. The molecule has 3 heteroatoms. The zero-order chi connectivity index (χ0) is 19.6. The van der Waals surface area contributed by atoms with Crippen molar-refractivity contribution >= 4 is 5.97 Å². The Bertz CT molecular complexity index is 478. The number of aliphatic hydroxyl groups excluding tert-OH is 1. The van der Waals surface area contributed by atoms with Gasteiger partial charge in [0.05, 0.1) is 12.0 Å². The maximum absolute atomic E-state index is 12.8. The molecule has 0 amide bonds. The maximum atomic E-state index is 12.8. The Labute approximate surface area is 166 Å². The number of unbranched alkanes of at least 4 members (excludes halogenated alkanes) is 2. The van der Waals surface area contributed by atoms with Crippen LogP contribution in [0.25, 0.3) is 0 Å². The Morgan fingerprint density at radius 1 is 1.00 bits per heavy atom. The molecule has 1 saturated heterocycles. The minimum absolute atomic E-state index is 0.000785. The number of hydrogen-bond acceptors (Lipinski definition) is 3. The fourth-order valence-electron chi connectivity index (χ4n) is 6.66. The van der Waals surface area contributed by atoms with Crippen molar-refractivity contribution in [3.05, 3.63) is 0 Å². The van der Waals surface area contributed by atoms with Crippen LogP contribution in [0.15, 0.2) is 0 Å². The average Bonchev–Trinajstić information content (AvgIpc) is 2.59. The molecule has 27 heavy (non-hydrogen) atoms. The van der Waals surface area contributed by atoms with Gasteiger partial charge in [-0.2, -0.15) is 0 Å². The molecule has 0 radical (unpaired) electrons. The first-order chi connectivity index (χ1) is 12.9. The monoisotopic (exact) mass is 378 g/mol. The van der Waals surface area contributed by atoms with Crippen molar-refractivity contribution in [3.63, 3.8) is 0 Å². The molecule has 0 aromatic heterocycles. The summed E-state index contributed by atoms with van der Waals surface area (Å²) in [6.07, 6.45) is 10.8. The lowest BCUT2D eigenvalue weighted by molar-refractivity contribution is -0.180. The van der Waals surface area contributed by atoms with Gasteiger partial charge in [0, 0.05) is 5.92 Å². The van der Waals surface area contributed by atoms with Crippen molar-refractivity contribution in [1.82, 2.24) is 0 Å². The zero-order valence-electron chi connectivity index (χ0n) is 18.0. The molecule has 3 aliphatic rings. The molecule has 3 fully saturated rings. The molecule has 1 N–H and O–H groups in total. The van der Waals surface area contributed by atoms with E-state index in [-0.39, 0.29) is 30.0 Å². The van der Waals surface area contributed by atoms with Gasteiger partial charge >= 0.3 is 5.97 Å². The van der Waals surface area contributed by atoms with Crippen molar-refractivity contribution in [2.75, 3.05) is 0 Å². The molecule has 0 aromatic carbocycles. The normalized spacial score (nSPS) is 45.2. The van der Waals surface area contributed by atoms with Gasteiger partial charge in [-0.1, -0.05) is 53.4 Å². The lowest BCUT2D eigenvalue weighted by Crippen LogP contribution is -2.49. The number of carbonyl (C=O) groups is 1. The van der Waals surface area contributed by atoms with Gasteiger partial charge in [0.15, 0.2) is 0 Å². The van der Waals surface area contributed by atoms with Gasteiger partial charge in [0.2, 0.25) is 0 Å². The van der Waals surface area contributed by atoms with Gasteiger partial charge < -0.3 is 9.84 Å². The molecule has 1 aliphatic heterocycles. The van der Waals surface area contributed by atoms with Crippen LogP contribution in [0.3, 0.4) is 0 Å². The van der Waals surface area contributed by atoms with Crippen LogP contribution in [0.5, 0.6) is 0 Å². The number of fused-ring (bicyclic) bond motifs is 1. The number of ether oxygens (including phenoxy) is 1. The largest absolute Gasteiger partial charge is 0.462 e. The van der Waals surface area contributed by atoms with E-state index in [4.69, 9.17) is 4.74 Å². The molecule has 156 valence electrons. The van der Waals surface area contributed by atoms with Crippen LogP contribution in [0.4, 0.5) is 0 Å². The number of carbonyl (C=O) groups excluding carboxylic acids is 1. The molecule has 0 aromatic rings. The van der Waals surface area contributed by atoms with Crippen molar-refractivity contribution in [2.45, 2.75) is 104 Å². The van der Waals surface area contributed by atoms with E-state index in [9.17, 15) is 9.90 Å². The quantitative estimate of drug-likeness (QED) is 0.484. The summed E-state index contributed by atoms with van der Waals surface area (Å²) in [6.45, 7) is 9.32. The van der Waals surface area contributed by atoms with Crippen molar-refractivity contribution in [2.24, 2.45) is 41.4 Å². The van der Waals surface area contributed by atoms with Gasteiger partial charge in [0.25, 0.3) is 0 Å². The minimum atomic E-state index is -0.285. The van der Waals surface area contributed by atoms with Crippen molar-refractivity contribution < 1.29 is 14.6 Å². The Morgan fingerprint density at radius 3 is 2.37 bits per heavy atom.